The number of nitrogens with zero attached hydrogens (tertiary/aromatic N) is 3. The minimum Gasteiger partial charge on any atom is -0.306 e. The van der Waals surface area contributed by atoms with Gasteiger partial charge in [-0.15, -0.1) is 0 Å². The number of hydrogen-bond donors (Lipinski definition) is 0. The van der Waals surface area contributed by atoms with Gasteiger partial charge in [0.1, 0.15) is 5.69 Å². The molecule has 138 valence electrons. The van der Waals surface area contributed by atoms with Gasteiger partial charge < -0.3 is 9.80 Å². The van der Waals surface area contributed by atoms with Crippen LogP contribution in [0.3, 0.4) is 0 Å². The third kappa shape index (κ3) is 2.10. The fraction of sp³-hybridized carbons (Fsp3) is 0.174. The van der Waals surface area contributed by atoms with Gasteiger partial charge in [-0.1, -0.05) is 54.1 Å². The Morgan fingerprint density at radius 3 is 2.46 bits per heavy atom. The van der Waals surface area contributed by atoms with E-state index < -0.39 is 5.66 Å². The Morgan fingerprint density at radius 1 is 0.964 bits per heavy atom. The molecule has 1 unspecified atom stereocenters. The quantitative estimate of drug-likeness (QED) is 0.697. The standard InChI is InChI=1S/C23H19N3O2/c1-16-9-11-17(12-10-16)21(27)25-14-15-26-22(28)20-19(8-5-13-24-20)23(25,26)18-6-3-2-4-7-18/h2-13H,14-15H2,1H3. The van der Waals surface area contributed by atoms with Gasteiger partial charge in [-0.2, -0.15) is 0 Å². The average molecular weight is 369 g/mol. The molecule has 0 aliphatic carbocycles. The highest BCUT2D eigenvalue weighted by atomic mass is 16.2. The van der Waals surface area contributed by atoms with E-state index in [0.29, 0.717) is 24.3 Å². The number of aromatic nitrogens is 1. The number of amides is 2. The zero-order valence-electron chi connectivity index (χ0n) is 15.5. The Morgan fingerprint density at radius 2 is 1.71 bits per heavy atom. The Hall–Kier alpha value is -3.47. The van der Waals surface area contributed by atoms with Crippen LogP contribution in [0.15, 0.2) is 72.9 Å². The van der Waals surface area contributed by atoms with Gasteiger partial charge in [-0.25, -0.2) is 0 Å². The van der Waals surface area contributed by atoms with E-state index in [1.807, 2.05) is 78.6 Å². The van der Waals surface area contributed by atoms with Crippen molar-refractivity contribution in [1.82, 2.24) is 14.8 Å². The predicted octanol–water partition coefficient (Wildman–Crippen LogP) is 3.20. The number of pyridine rings is 1. The number of rotatable bonds is 2. The summed E-state index contributed by atoms with van der Waals surface area (Å²) in [5.74, 6) is -0.213. The van der Waals surface area contributed by atoms with Crippen molar-refractivity contribution in [2.24, 2.45) is 0 Å². The minimum absolute atomic E-state index is 0.0872. The first-order valence-electron chi connectivity index (χ1n) is 9.35. The van der Waals surface area contributed by atoms with Crippen LogP contribution in [0.1, 0.15) is 37.5 Å². The van der Waals surface area contributed by atoms with E-state index in [1.54, 1.807) is 11.1 Å². The topological polar surface area (TPSA) is 53.5 Å². The van der Waals surface area contributed by atoms with Crippen LogP contribution in [-0.4, -0.2) is 39.7 Å². The van der Waals surface area contributed by atoms with Crippen LogP contribution in [-0.2, 0) is 5.66 Å². The van der Waals surface area contributed by atoms with E-state index in [0.717, 1.165) is 16.7 Å². The molecule has 1 fully saturated rings. The van der Waals surface area contributed by atoms with Crippen molar-refractivity contribution in [2.75, 3.05) is 13.1 Å². The first-order chi connectivity index (χ1) is 13.6. The highest BCUT2D eigenvalue weighted by molar-refractivity contribution is 6.02. The van der Waals surface area contributed by atoms with E-state index in [4.69, 9.17) is 0 Å². The average Bonchev–Trinajstić information content (AvgIpc) is 3.25. The van der Waals surface area contributed by atoms with Crippen LogP contribution in [0.4, 0.5) is 0 Å². The largest absolute Gasteiger partial charge is 0.306 e. The van der Waals surface area contributed by atoms with Crippen LogP contribution in [0.2, 0.25) is 0 Å². The lowest BCUT2D eigenvalue weighted by atomic mass is 9.91. The molecule has 5 heteroatoms. The van der Waals surface area contributed by atoms with Crippen LogP contribution in [0.5, 0.6) is 0 Å². The SMILES string of the molecule is Cc1ccc(C(=O)N2CCN3C(=O)c4ncccc4C23c2ccccc2)cc1. The van der Waals surface area contributed by atoms with Crippen LogP contribution in [0, 0.1) is 6.92 Å². The van der Waals surface area contributed by atoms with Gasteiger partial charge in [-0.05, 0) is 25.1 Å². The first kappa shape index (κ1) is 16.7. The van der Waals surface area contributed by atoms with E-state index >= 15 is 0 Å². The molecule has 5 nitrogen and oxygen atoms in total. The van der Waals surface area contributed by atoms with E-state index in [2.05, 4.69) is 4.98 Å². The molecule has 1 saturated heterocycles. The van der Waals surface area contributed by atoms with Crippen molar-refractivity contribution < 1.29 is 9.59 Å². The molecule has 3 aromatic rings. The summed E-state index contributed by atoms with van der Waals surface area (Å²) in [6.07, 6.45) is 1.63. The zero-order valence-corrected chi connectivity index (χ0v) is 15.5. The van der Waals surface area contributed by atoms with E-state index in [1.165, 1.54) is 0 Å². The molecule has 0 spiro atoms. The summed E-state index contributed by atoms with van der Waals surface area (Å²) < 4.78 is 0. The van der Waals surface area contributed by atoms with Gasteiger partial charge in [0.2, 0.25) is 0 Å². The van der Waals surface area contributed by atoms with Gasteiger partial charge in [0.05, 0.1) is 0 Å². The van der Waals surface area contributed by atoms with Gasteiger partial charge in [-0.3, -0.25) is 14.6 Å². The molecule has 2 aromatic carbocycles. The molecular weight excluding hydrogens is 350 g/mol. The number of hydrogen-bond acceptors (Lipinski definition) is 3. The molecule has 0 radical (unpaired) electrons. The second-order valence-corrected chi connectivity index (χ2v) is 7.22. The van der Waals surface area contributed by atoms with E-state index in [-0.39, 0.29) is 11.8 Å². The minimum atomic E-state index is -0.954. The third-order valence-electron chi connectivity index (χ3n) is 5.68. The molecule has 5 rings (SSSR count). The van der Waals surface area contributed by atoms with Gasteiger partial charge in [0.25, 0.3) is 11.8 Å². The molecule has 0 saturated carbocycles. The lowest BCUT2D eigenvalue weighted by molar-refractivity contribution is 0.0375. The van der Waals surface area contributed by atoms with E-state index in [9.17, 15) is 9.59 Å². The maximum Gasteiger partial charge on any atom is 0.275 e. The normalized spacial score (nSPS) is 20.2. The van der Waals surface area contributed by atoms with Crippen molar-refractivity contribution in [2.45, 2.75) is 12.6 Å². The first-order valence-corrected chi connectivity index (χ1v) is 9.35. The van der Waals surface area contributed by atoms with Crippen molar-refractivity contribution in [1.29, 1.82) is 0 Å². The van der Waals surface area contributed by atoms with Crippen molar-refractivity contribution >= 4 is 11.8 Å². The maximum atomic E-state index is 13.6. The van der Waals surface area contributed by atoms with Crippen LogP contribution in [0.25, 0.3) is 0 Å². The fourth-order valence-electron chi connectivity index (χ4n) is 4.43. The van der Waals surface area contributed by atoms with Crippen molar-refractivity contribution in [3.05, 3.63) is 101 Å². The third-order valence-corrected chi connectivity index (χ3v) is 5.68. The number of carbonyl (C=O) groups is 2. The summed E-state index contributed by atoms with van der Waals surface area (Å²) in [6, 6.07) is 21.1. The summed E-state index contributed by atoms with van der Waals surface area (Å²) in [5.41, 5.74) is 2.85. The summed E-state index contributed by atoms with van der Waals surface area (Å²) in [5, 5.41) is 0. The second kappa shape index (κ2) is 6.02. The molecule has 2 amide bonds. The Balaban J connectivity index is 1.74. The molecule has 2 aliphatic rings. The highest BCUT2D eigenvalue weighted by Gasteiger charge is 2.60. The molecule has 1 atom stereocenters. The van der Waals surface area contributed by atoms with Gasteiger partial charge in [0.15, 0.2) is 5.66 Å². The highest BCUT2D eigenvalue weighted by Crippen LogP contribution is 2.49. The van der Waals surface area contributed by atoms with Crippen LogP contribution < -0.4 is 0 Å². The summed E-state index contributed by atoms with van der Waals surface area (Å²) in [7, 11) is 0. The predicted molar refractivity (Wildman–Crippen MR) is 105 cm³/mol. The second-order valence-electron chi connectivity index (χ2n) is 7.22. The lowest BCUT2D eigenvalue weighted by Gasteiger charge is -2.40. The number of fused-ring (bicyclic) bond motifs is 3. The van der Waals surface area contributed by atoms with Gasteiger partial charge >= 0.3 is 0 Å². The smallest absolute Gasteiger partial charge is 0.275 e. The molecule has 1 aromatic heterocycles. The summed E-state index contributed by atoms with van der Waals surface area (Å²) in [6.45, 7) is 2.94. The van der Waals surface area contributed by atoms with Crippen LogP contribution >= 0.6 is 0 Å². The molecule has 28 heavy (non-hydrogen) atoms. The molecular formula is C23H19N3O2. The summed E-state index contributed by atoms with van der Waals surface area (Å²) in [4.78, 5) is 34.6. The molecule has 3 heterocycles. The monoisotopic (exact) mass is 369 g/mol. The maximum absolute atomic E-state index is 13.6. The number of aryl methyl sites for hydroxylation is 1. The number of carbonyl (C=O) groups excluding carboxylic acids is 2. The van der Waals surface area contributed by atoms with Crippen molar-refractivity contribution in [3.8, 4) is 0 Å². The zero-order chi connectivity index (χ0) is 19.3. The van der Waals surface area contributed by atoms with Gasteiger partial charge in [0, 0.05) is 36.0 Å². The molecule has 0 bridgehead atoms. The van der Waals surface area contributed by atoms with Crippen molar-refractivity contribution in [3.63, 3.8) is 0 Å². The Kier molecular flexibility index (Phi) is 3.59. The Labute approximate surface area is 163 Å². The number of benzene rings is 2. The molecule has 2 aliphatic heterocycles. The molecule has 0 N–H and O–H groups in total. The summed E-state index contributed by atoms with van der Waals surface area (Å²) >= 11 is 0. The Bertz CT molecular complexity index is 1080. The fourth-order valence-corrected chi connectivity index (χ4v) is 4.43. The lowest BCUT2D eigenvalue weighted by Crippen LogP contribution is -2.51.